The molecule has 0 aliphatic carbocycles. The minimum absolute atomic E-state index is 1.11. The molecule has 0 spiro atoms. The van der Waals surface area contributed by atoms with E-state index in [4.69, 9.17) is 0 Å². The lowest BCUT2D eigenvalue weighted by molar-refractivity contribution is 1.11. The molecule has 0 fully saturated rings. The van der Waals surface area contributed by atoms with Crippen LogP contribution in [-0.4, -0.2) is 13.7 Å². The molecule has 0 radical (unpaired) electrons. The first-order valence-electron chi connectivity index (χ1n) is 20.3. The van der Waals surface area contributed by atoms with E-state index in [9.17, 15) is 0 Å². The van der Waals surface area contributed by atoms with Crippen molar-refractivity contribution in [2.24, 2.45) is 0 Å². The van der Waals surface area contributed by atoms with Crippen LogP contribution in [0, 0.1) is 0 Å². The van der Waals surface area contributed by atoms with Crippen molar-refractivity contribution in [3.05, 3.63) is 224 Å². The van der Waals surface area contributed by atoms with Gasteiger partial charge in [-0.15, -0.1) is 0 Å². The molecule has 12 aromatic rings. The largest absolute Gasteiger partial charge is 0.309 e. The van der Waals surface area contributed by atoms with E-state index in [0.717, 1.165) is 28.3 Å². The molecule has 0 aliphatic heterocycles. The maximum Gasteiger partial charge on any atom is 0.0788 e. The number of hydrogen-bond acceptors (Lipinski definition) is 0. The van der Waals surface area contributed by atoms with Gasteiger partial charge in [-0.3, -0.25) is 0 Å². The van der Waals surface area contributed by atoms with E-state index in [0.29, 0.717) is 0 Å². The van der Waals surface area contributed by atoms with Crippen LogP contribution < -0.4 is 0 Å². The molecule has 3 heterocycles. The second-order valence-electron chi connectivity index (χ2n) is 15.4. The Kier molecular flexibility index (Phi) is 7.54. The number of hydrogen-bond donors (Lipinski definition) is 0. The third kappa shape index (κ3) is 5.29. The van der Waals surface area contributed by atoms with Crippen LogP contribution >= 0.6 is 0 Å². The van der Waals surface area contributed by atoms with Gasteiger partial charge in [0, 0.05) is 44.0 Å². The molecule has 12 rings (SSSR count). The Bertz CT molecular complexity index is 3520. The van der Waals surface area contributed by atoms with Crippen LogP contribution in [0.25, 0.3) is 105 Å². The molecule has 3 nitrogen and oxygen atoms in total. The molecular weight excluding hydrogens is 715 g/mol. The number of aromatic nitrogens is 3. The minimum Gasteiger partial charge on any atom is -0.309 e. The molecule has 0 N–H and O–H groups in total. The lowest BCUT2D eigenvalue weighted by atomic mass is 10.0. The predicted molar refractivity (Wildman–Crippen MR) is 248 cm³/mol. The van der Waals surface area contributed by atoms with Crippen molar-refractivity contribution in [3.63, 3.8) is 0 Å². The Morgan fingerprint density at radius 3 is 1.44 bits per heavy atom. The van der Waals surface area contributed by atoms with Gasteiger partial charge in [-0.05, 0) is 88.5 Å². The molecular formula is C56H37N3. The highest BCUT2D eigenvalue weighted by atomic mass is 15.1. The van der Waals surface area contributed by atoms with Crippen LogP contribution in [-0.2, 0) is 0 Å². The Balaban J connectivity index is 1.20. The van der Waals surface area contributed by atoms with E-state index in [-0.39, 0.29) is 0 Å². The summed E-state index contributed by atoms with van der Waals surface area (Å²) in [6.45, 7) is 0. The molecule has 0 saturated carbocycles. The topological polar surface area (TPSA) is 14.8 Å². The third-order valence-corrected chi connectivity index (χ3v) is 12.0. The highest BCUT2D eigenvalue weighted by Crippen LogP contribution is 2.43. The lowest BCUT2D eigenvalue weighted by Gasteiger charge is -2.17. The van der Waals surface area contributed by atoms with Gasteiger partial charge in [0.05, 0.1) is 33.3 Å². The van der Waals surface area contributed by atoms with E-state index in [1.54, 1.807) is 0 Å². The fourth-order valence-electron chi connectivity index (χ4n) is 9.39. The van der Waals surface area contributed by atoms with Crippen molar-refractivity contribution < 1.29 is 0 Å². The van der Waals surface area contributed by atoms with E-state index in [1.807, 2.05) is 0 Å². The van der Waals surface area contributed by atoms with E-state index in [1.165, 1.54) is 76.8 Å². The predicted octanol–water partition coefficient (Wildman–Crippen LogP) is 14.8. The zero-order valence-electron chi connectivity index (χ0n) is 32.2. The Hall–Kier alpha value is -7.88. The molecule has 3 aromatic heterocycles. The quantitative estimate of drug-likeness (QED) is 0.161. The molecule has 0 unspecified atom stereocenters. The van der Waals surface area contributed by atoms with E-state index < -0.39 is 0 Å². The zero-order valence-corrected chi connectivity index (χ0v) is 32.2. The zero-order chi connectivity index (χ0) is 38.9. The minimum atomic E-state index is 1.11. The Labute approximate surface area is 341 Å². The average molecular weight is 752 g/mol. The monoisotopic (exact) mass is 751 g/mol. The average Bonchev–Trinajstić information content (AvgIpc) is 3.98. The molecule has 276 valence electrons. The van der Waals surface area contributed by atoms with Crippen molar-refractivity contribution >= 4 is 54.5 Å². The van der Waals surface area contributed by atoms with Crippen molar-refractivity contribution in [1.29, 1.82) is 0 Å². The van der Waals surface area contributed by atoms with Crippen LogP contribution in [0.3, 0.4) is 0 Å². The van der Waals surface area contributed by atoms with Gasteiger partial charge in [0.15, 0.2) is 0 Å². The first kappa shape index (κ1) is 33.3. The lowest BCUT2D eigenvalue weighted by Crippen LogP contribution is -2.02. The van der Waals surface area contributed by atoms with Gasteiger partial charge in [0.25, 0.3) is 0 Å². The normalized spacial score (nSPS) is 11.7. The Morgan fingerprint density at radius 1 is 0.237 bits per heavy atom. The highest BCUT2D eigenvalue weighted by Gasteiger charge is 2.22. The van der Waals surface area contributed by atoms with Crippen LogP contribution in [0.2, 0.25) is 0 Å². The Morgan fingerprint density at radius 2 is 0.763 bits per heavy atom. The fourth-order valence-corrected chi connectivity index (χ4v) is 9.39. The van der Waals surface area contributed by atoms with Gasteiger partial charge in [-0.1, -0.05) is 164 Å². The summed E-state index contributed by atoms with van der Waals surface area (Å²) in [7, 11) is 0. The van der Waals surface area contributed by atoms with Crippen LogP contribution in [0.15, 0.2) is 224 Å². The van der Waals surface area contributed by atoms with Gasteiger partial charge >= 0.3 is 0 Å². The molecule has 3 heteroatoms. The van der Waals surface area contributed by atoms with Gasteiger partial charge in [0.2, 0.25) is 0 Å². The second kappa shape index (κ2) is 13.4. The van der Waals surface area contributed by atoms with E-state index in [2.05, 4.69) is 238 Å². The summed E-state index contributed by atoms with van der Waals surface area (Å²) >= 11 is 0. The number of benzene rings is 9. The first-order valence-corrected chi connectivity index (χ1v) is 20.3. The highest BCUT2D eigenvalue weighted by molar-refractivity contribution is 6.19. The molecule has 0 aliphatic rings. The molecule has 0 atom stereocenters. The summed E-state index contributed by atoms with van der Waals surface area (Å²) in [6.07, 6.45) is 0. The summed E-state index contributed by atoms with van der Waals surface area (Å²) < 4.78 is 7.43. The SMILES string of the molecule is c1ccc(-c2cc(-n3c4ccccc4c4cc(-c5ccccc5)ccc43)cc(-n3c4ccccc4c4ccc5cc(-c6ccccc6)n(-c6ccccc6)c5c43)c2)cc1. The molecule has 9 aromatic carbocycles. The van der Waals surface area contributed by atoms with Crippen molar-refractivity contribution in [3.8, 4) is 50.6 Å². The van der Waals surface area contributed by atoms with Crippen LogP contribution in [0.1, 0.15) is 0 Å². The molecule has 59 heavy (non-hydrogen) atoms. The van der Waals surface area contributed by atoms with Gasteiger partial charge in [-0.2, -0.15) is 0 Å². The molecule has 0 bridgehead atoms. The van der Waals surface area contributed by atoms with Crippen molar-refractivity contribution in [1.82, 2.24) is 13.7 Å². The first-order chi connectivity index (χ1) is 29.3. The number of para-hydroxylation sites is 3. The van der Waals surface area contributed by atoms with Crippen LogP contribution in [0.4, 0.5) is 0 Å². The van der Waals surface area contributed by atoms with Crippen molar-refractivity contribution in [2.75, 3.05) is 0 Å². The smallest absolute Gasteiger partial charge is 0.0788 e. The number of nitrogens with zero attached hydrogens (tertiary/aromatic N) is 3. The standard InChI is InChI=1S/C56H37N3/c1-5-17-38(18-6-1)41-30-32-53-50(35-41)48-26-14-15-27-51(48)57(53)45-33-43(39-19-7-2-8-20-39)34-46(37-45)59-52-28-16-13-25-47(52)49-31-29-42-36-54(40-21-9-3-10-22-40)58(55(42)56(49)59)44-23-11-4-12-24-44/h1-37H. The fraction of sp³-hybridized carbons (Fsp3) is 0. The summed E-state index contributed by atoms with van der Waals surface area (Å²) in [6, 6.07) is 81.8. The summed E-state index contributed by atoms with van der Waals surface area (Å²) in [4.78, 5) is 0. The summed E-state index contributed by atoms with van der Waals surface area (Å²) in [5, 5.41) is 6.12. The van der Waals surface area contributed by atoms with Crippen molar-refractivity contribution in [2.45, 2.75) is 0 Å². The summed E-state index contributed by atoms with van der Waals surface area (Å²) in [5.41, 5.74) is 16.3. The molecule has 0 amide bonds. The second-order valence-corrected chi connectivity index (χ2v) is 15.4. The van der Waals surface area contributed by atoms with Gasteiger partial charge < -0.3 is 13.7 Å². The molecule has 0 saturated heterocycles. The van der Waals surface area contributed by atoms with E-state index >= 15 is 0 Å². The summed E-state index contributed by atoms with van der Waals surface area (Å²) in [5.74, 6) is 0. The number of fused-ring (bicyclic) bond motifs is 8. The third-order valence-electron chi connectivity index (χ3n) is 12.0. The maximum absolute atomic E-state index is 2.51. The maximum atomic E-state index is 2.51. The van der Waals surface area contributed by atoms with Gasteiger partial charge in [-0.25, -0.2) is 0 Å². The van der Waals surface area contributed by atoms with Crippen LogP contribution in [0.5, 0.6) is 0 Å². The van der Waals surface area contributed by atoms with Gasteiger partial charge in [0.1, 0.15) is 0 Å². The number of rotatable bonds is 6.